The molecule has 1 aromatic rings. The highest BCUT2D eigenvalue weighted by Gasteiger charge is 2.27. The fourth-order valence-corrected chi connectivity index (χ4v) is 2.67. The van der Waals surface area contributed by atoms with Gasteiger partial charge in [-0.3, -0.25) is 9.48 Å². The molecule has 2 rings (SSSR count). The normalized spacial score (nSPS) is 21.4. The smallest absolute Gasteiger partial charge is 0.239 e. The van der Waals surface area contributed by atoms with Gasteiger partial charge >= 0.3 is 0 Å². The van der Waals surface area contributed by atoms with Gasteiger partial charge in [0, 0.05) is 19.3 Å². The Hall–Kier alpha value is -1.36. The Bertz CT molecular complexity index is 429. The quantitative estimate of drug-likeness (QED) is 0.896. The summed E-state index contributed by atoms with van der Waals surface area (Å²) in [5.74, 6) is 0.0930. The predicted molar refractivity (Wildman–Crippen MR) is 74.7 cm³/mol. The van der Waals surface area contributed by atoms with Crippen LogP contribution in [-0.2, 0) is 4.79 Å². The Balaban J connectivity index is 1.99. The van der Waals surface area contributed by atoms with E-state index in [-0.39, 0.29) is 11.9 Å². The zero-order valence-corrected chi connectivity index (χ0v) is 11.9. The van der Waals surface area contributed by atoms with Crippen LogP contribution in [-0.4, -0.2) is 39.7 Å². The first-order valence-corrected chi connectivity index (χ1v) is 7.17. The third-order valence-electron chi connectivity index (χ3n) is 3.73. The largest absolute Gasteiger partial charge is 0.339 e. The van der Waals surface area contributed by atoms with Gasteiger partial charge in [0.25, 0.3) is 0 Å². The molecule has 0 bridgehead atoms. The van der Waals surface area contributed by atoms with Gasteiger partial charge < -0.3 is 10.6 Å². The minimum Gasteiger partial charge on any atom is -0.339 e. The van der Waals surface area contributed by atoms with E-state index >= 15 is 0 Å². The molecule has 0 spiro atoms. The summed E-state index contributed by atoms with van der Waals surface area (Å²) in [4.78, 5) is 14.1. The molecular weight excluding hydrogens is 240 g/mol. The van der Waals surface area contributed by atoms with Crippen molar-refractivity contribution in [1.29, 1.82) is 0 Å². The van der Waals surface area contributed by atoms with Gasteiger partial charge in [-0.05, 0) is 31.7 Å². The summed E-state index contributed by atoms with van der Waals surface area (Å²) in [5, 5.41) is 4.36. The van der Waals surface area contributed by atoms with Crippen LogP contribution < -0.4 is 5.73 Å². The molecule has 2 N–H and O–H groups in total. The highest BCUT2D eigenvalue weighted by molar-refractivity contribution is 5.81. The number of nitrogens with zero attached hydrogens (tertiary/aromatic N) is 3. The highest BCUT2D eigenvalue weighted by atomic mass is 16.2. The second-order valence-corrected chi connectivity index (χ2v) is 5.47. The van der Waals surface area contributed by atoms with E-state index in [0.717, 1.165) is 44.3 Å². The second kappa shape index (κ2) is 6.19. The molecule has 5 heteroatoms. The Morgan fingerprint density at radius 1 is 1.63 bits per heavy atom. The Labute approximate surface area is 114 Å². The third kappa shape index (κ3) is 3.35. The first-order valence-electron chi connectivity index (χ1n) is 7.17. The Morgan fingerprint density at radius 2 is 2.42 bits per heavy atom. The van der Waals surface area contributed by atoms with Crippen molar-refractivity contribution in [3.05, 3.63) is 18.0 Å². The van der Waals surface area contributed by atoms with Crippen LogP contribution in [0.3, 0.4) is 0 Å². The van der Waals surface area contributed by atoms with Gasteiger partial charge in [-0.25, -0.2) is 0 Å². The number of carbonyl (C=O) groups excluding carboxylic acids is 1. The molecule has 0 aromatic carbocycles. The van der Waals surface area contributed by atoms with Crippen molar-refractivity contribution in [2.75, 3.05) is 13.1 Å². The van der Waals surface area contributed by atoms with Crippen molar-refractivity contribution in [1.82, 2.24) is 14.7 Å². The van der Waals surface area contributed by atoms with E-state index in [4.69, 9.17) is 5.73 Å². The molecular formula is C14H24N4O. The third-order valence-corrected chi connectivity index (χ3v) is 3.73. The SMILES string of the molecule is CCCC(N)C(=O)N1CCCC(n2cc(C)cn2)C1. The van der Waals surface area contributed by atoms with Crippen molar-refractivity contribution in [3.8, 4) is 0 Å². The molecule has 1 fully saturated rings. The molecule has 2 heterocycles. The molecule has 2 unspecified atom stereocenters. The molecule has 5 nitrogen and oxygen atoms in total. The van der Waals surface area contributed by atoms with E-state index in [0.29, 0.717) is 6.04 Å². The number of aryl methyl sites for hydroxylation is 1. The number of hydrogen-bond acceptors (Lipinski definition) is 3. The number of amides is 1. The molecule has 0 aliphatic carbocycles. The lowest BCUT2D eigenvalue weighted by Crippen LogP contribution is -2.48. The summed E-state index contributed by atoms with van der Waals surface area (Å²) in [6, 6.07) is -0.0525. The van der Waals surface area contributed by atoms with Gasteiger partial charge in [0.2, 0.25) is 5.91 Å². The molecule has 1 saturated heterocycles. The standard InChI is InChI=1S/C14H24N4O/c1-3-5-13(15)14(19)17-7-4-6-12(10-17)18-9-11(2)8-16-18/h8-9,12-13H,3-7,10,15H2,1-2H3. The Morgan fingerprint density at radius 3 is 3.05 bits per heavy atom. The predicted octanol–water partition coefficient (Wildman–Crippen LogP) is 1.48. The van der Waals surface area contributed by atoms with Gasteiger partial charge in [0.05, 0.1) is 18.3 Å². The lowest BCUT2D eigenvalue weighted by Gasteiger charge is -2.34. The second-order valence-electron chi connectivity index (χ2n) is 5.47. The van der Waals surface area contributed by atoms with E-state index in [1.54, 1.807) is 0 Å². The van der Waals surface area contributed by atoms with E-state index in [2.05, 4.69) is 12.0 Å². The van der Waals surface area contributed by atoms with E-state index in [1.165, 1.54) is 0 Å². The van der Waals surface area contributed by atoms with Crippen LogP contribution in [0, 0.1) is 6.92 Å². The summed E-state index contributed by atoms with van der Waals surface area (Å²) in [6.45, 7) is 5.65. The number of carbonyl (C=O) groups is 1. The van der Waals surface area contributed by atoms with Crippen molar-refractivity contribution in [2.24, 2.45) is 5.73 Å². The summed E-state index contributed by atoms with van der Waals surface area (Å²) < 4.78 is 1.99. The van der Waals surface area contributed by atoms with Crippen LogP contribution in [0.15, 0.2) is 12.4 Å². The first kappa shape index (κ1) is 14.1. The molecule has 1 aliphatic heterocycles. The fourth-order valence-electron chi connectivity index (χ4n) is 2.67. The van der Waals surface area contributed by atoms with Gasteiger partial charge in [-0.1, -0.05) is 13.3 Å². The molecule has 0 saturated carbocycles. The maximum atomic E-state index is 12.2. The topological polar surface area (TPSA) is 64.2 Å². The zero-order chi connectivity index (χ0) is 13.8. The summed E-state index contributed by atoms with van der Waals surface area (Å²) >= 11 is 0. The molecule has 19 heavy (non-hydrogen) atoms. The number of piperidine rings is 1. The van der Waals surface area contributed by atoms with Crippen LogP contribution in [0.2, 0.25) is 0 Å². The zero-order valence-electron chi connectivity index (χ0n) is 11.9. The minimum atomic E-state index is -0.344. The molecule has 1 aromatic heterocycles. The summed E-state index contributed by atoms with van der Waals surface area (Å²) in [6.07, 6.45) is 7.72. The number of likely N-dealkylation sites (tertiary alicyclic amines) is 1. The number of aromatic nitrogens is 2. The average molecular weight is 264 g/mol. The maximum Gasteiger partial charge on any atom is 0.239 e. The fraction of sp³-hybridized carbons (Fsp3) is 0.714. The van der Waals surface area contributed by atoms with Crippen molar-refractivity contribution in [2.45, 2.75) is 51.6 Å². The van der Waals surface area contributed by atoms with E-state index in [9.17, 15) is 4.79 Å². The maximum absolute atomic E-state index is 12.2. The van der Waals surface area contributed by atoms with Crippen LogP contribution in [0.5, 0.6) is 0 Å². The van der Waals surface area contributed by atoms with E-state index < -0.39 is 0 Å². The molecule has 1 amide bonds. The first-order chi connectivity index (χ1) is 9.11. The van der Waals surface area contributed by atoms with Gasteiger partial charge in [-0.15, -0.1) is 0 Å². The number of rotatable bonds is 4. The lowest BCUT2D eigenvalue weighted by molar-refractivity contribution is -0.134. The van der Waals surface area contributed by atoms with Gasteiger partial charge in [0.15, 0.2) is 0 Å². The minimum absolute atomic E-state index is 0.0930. The summed E-state index contributed by atoms with van der Waals surface area (Å²) in [5.41, 5.74) is 7.09. The van der Waals surface area contributed by atoms with Gasteiger partial charge in [0.1, 0.15) is 0 Å². The van der Waals surface area contributed by atoms with Crippen LogP contribution in [0.4, 0.5) is 0 Å². The number of hydrogen-bond donors (Lipinski definition) is 1. The molecule has 106 valence electrons. The number of nitrogens with two attached hydrogens (primary N) is 1. The van der Waals surface area contributed by atoms with Gasteiger partial charge in [-0.2, -0.15) is 5.10 Å². The van der Waals surface area contributed by atoms with Crippen LogP contribution >= 0.6 is 0 Å². The Kier molecular flexibility index (Phi) is 4.58. The highest BCUT2D eigenvalue weighted by Crippen LogP contribution is 2.21. The van der Waals surface area contributed by atoms with Crippen LogP contribution in [0.25, 0.3) is 0 Å². The monoisotopic (exact) mass is 264 g/mol. The van der Waals surface area contributed by atoms with Crippen molar-refractivity contribution < 1.29 is 4.79 Å². The van der Waals surface area contributed by atoms with Crippen molar-refractivity contribution in [3.63, 3.8) is 0 Å². The molecule has 2 atom stereocenters. The van der Waals surface area contributed by atoms with Crippen molar-refractivity contribution >= 4 is 5.91 Å². The molecule has 1 aliphatic rings. The van der Waals surface area contributed by atoms with Crippen LogP contribution in [0.1, 0.15) is 44.2 Å². The van der Waals surface area contributed by atoms with E-state index in [1.807, 2.05) is 28.9 Å². The molecule has 0 radical (unpaired) electrons. The summed E-state index contributed by atoms with van der Waals surface area (Å²) in [7, 11) is 0. The lowest BCUT2D eigenvalue weighted by atomic mass is 10.0. The average Bonchev–Trinajstić information content (AvgIpc) is 2.85.